The lowest BCUT2D eigenvalue weighted by Crippen LogP contribution is -2.26. The summed E-state index contributed by atoms with van der Waals surface area (Å²) in [5.74, 6) is 0.309. The van der Waals surface area contributed by atoms with Crippen molar-refractivity contribution in [3.05, 3.63) is 112 Å². The number of aryl methyl sites for hydroxylation is 1. The molecule has 0 aliphatic heterocycles. The molecule has 2 aromatic carbocycles. The average Bonchev–Trinajstić information content (AvgIpc) is 3.51. The molecule has 1 unspecified atom stereocenters. The molecule has 1 atom stereocenters. The summed E-state index contributed by atoms with van der Waals surface area (Å²) in [6.07, 6.45) is 3.92. The topological polar surface area (TPSA) is 99.5 Å². The Balaban J connectivity index is 1.39. The Morgan fingerprint density at radius 1 is 1.12 bits per heavy atom. The number of nitrogens with zero attached hydrogens (tertiary/aromatic N) is 2. The van der Waals surface area contributed by atoms with Crippen LogP contribution in [0, 0.1) is 17.0 Å². The fourth-order valence-corrected chi connectivity index (χ4v) is 3.43. The van der Waals surface area contributed by atoms with E-state index in [2.05, 4.69) is 5.32 Å². The third-order valence-electron chi connectivity index (χ3n) is 5.19. The molecular weight excluding hydrogens is 422 g/mol. The van der Waals surface area contributed by atoms with Crippen LogP contribution >= 0.6 is 0 Å². The van der Waals surface area contributed by atoms with E-state index in [1.54, 1.807) is 31.2 Å². The monoisotopic (exact) mass is 445 g/mol. The average molecular weight is 445 g/mol. The van der Waals surface area contributed by atoms with Crippen LogP contribution in [0.3, 0.4) is 0 Å². The number of benzene rings is 2. The maximum absolute atomic E-state index is 12.7. The molecule has 0 aliphatic rings. The Bertz CT molecular complexity index is 1280. The third-order valence-corrected chi connectivity index (χ3v) is 5.19. The SMILES string of the molecule is Cc1ccc(OCc2ccc(C(=O)NC(C)c3cccc(-n4cccc4)c3)o2)c([N+](=O)[O-])c1. The number of furan rings is 1. The van der Waals surface area contributed by atoms with Crippen molar-refractivity contribution >= 4 is 11.6 Å². The molecule has 0 aliphatic carbocycles. The van der Waals surface area contributed by atoms with Crippen LogP contribution < -0.4 is 10.1 Å². The fraction of sp³-hybridized carbons (Fsp3) is 0.160. The van der Waals surface area contributed by atoms with Gasteiger partial charge in [0.25, 0.3) is 5.91 Å². The summed E-state index contributed by atoms with van der Waals surface area (Å²) in [4.78, 5) is 23.4. The quantitative estimate of drug-likeness (QED) is 0.291. The Kier molecular flexibility index (Phi) is 6.26. The molecule has 0 saturated carbocycles. The molecular formula is C25H23N3O5. The zero-order valence-corrected chi connectivity index (χ0v) is 18.2. The summed E-state index contributed by atoms with van der Waals surface area (Å²) in [7, 11) is 0. The second kappa shape index (κ2) is 9.44. The first-order chi connectivity index (χ1) is 15.9. The molecule has 0 bridgehead atoms. The predicted octanol–water partition coefficient (Wildman–Crippen LogP) is 5.36. The molecule has 2 heterocycles. The molecule has 8 nitrogen and oxygen atoms in total. The van der Waals surface area contributed by atoms with E-state index < -0.39 is 4.92 Å². The summed E-state index contributed by atoms with van der Waals surface area (Å²) in [6, 6.07) is 19.5. The lowest BCUT2D eigenvalue weighted by atomic mass is 10.1. The van der Waals surface area contributed by atoms with Crippen molar-refractivity contribution in [2.75, 3.05) is 0 Å². The number of aromatic nitrogens is 1. The van der Waals surface area contributed by atoms with Crippen molar-refractivity contribution in [1.82, 2.24) is 9.88 Å². The van der Waals surface area contributed by atoms with Gasteiger partial charge in [-0.15, -0.1) is 0 Å². The molecule has 8 heteroatoms. The highest BCUT2D eigenvalue weighted by Crippen LogP contribution is 2.28. The summed E-state index contributed by atoms with van der Waals surface area (Å²) in [5.41, 5.74) is 2.60. The van der Waals surface area contributed by atoms with Gasteiger partial charge < -0.3 is 19.0 Å². The predicted molar refractivity (Wildman–Crippen MR) is 123 cm³/mol. The number of amides is 1. The van der Waals surface area contributed by atoms with Gasteiger partial charge in [-0.1, -0.05) is 18.2 Å². The normalized spacial score (nSPS) is 11.7. The van der Waals surface area contributed by atoms with Crippen molar-refractivity contribution in [1.29, 1.82) is 0 Å². The molecule has 168 valence electrons. The minimum absolute atomic E-state index is 0.0361. The Morgan fingerprint density at radius 2 is 1.91 bits per heavy atom. The van der Waals surface area contributed by atoms with E-state index in [1.165, 1.54) is 6.07 Å². The number of nitro benzene ring substituents is 1. The van der Waals surface area contributed by atoms with Crippen LogP contribution in [0.5, 0.6) is 5.75 Å². The highest BCUT2D eigenvalue weighted by molar-refractivity contribution is 5.91. The van der Waals surface area contributed by atoms with Crippen molar-refractivity contribution in [3.63, 3.8) is 0 Å². The Hall–Kier alpha value is -4.33. The van der Waals surface area contributed by atoms with Gasteiger partial charge in [0.15, 0.2) is 11.5 Å². The van der Waals surface area contributed by atoms with E-state index in [4.69, 9.17) is 9.15 Å². The minimum atomic E-state index is -0.490. The highest BCUT2D eigenvalue weighted by Gasteiger charge is 2.18. The van der Waals surface area contributed by atoms with Gasteiger partial charge in [0.1, 0.15) is 12.4 Å². The van der Waals surface area contributed by atoms with Crippen LogP contribution in [-0.2, 0) is 6.61 Å². The van der Waals surface area contributed by atoms with E-state index in [1.807, 2.05) is 60.3 Å². The molecule has 33 heavy (non-hydrogen) atoms. The van der Waals surface area contributed by atoms with Gasteiger partial charge in [-0.2, -0.15) is 0 Å². The molecule has 2 aromatic heterocycles. The van der Waals surface area contributed by atoms with Crippen LogP contribution in [0.15, 0.2) is 83.5 Å². The molecule has 0 spiro atoms. The zero-order valence-electron chi connectivity index (χ0n) is 18.2. The first-order valence-electron chi connectivity index (χ1n) is 10.4. The van der Waals surface area contributed by atoms with Gasteiger partial charge >= 0.3 is 5.69 Å². The number of rotatable bonds is 8. The van der Waals surface area contributed by atoms with Crippen LogP contribution in [0.25, 0.3) is 5.69 Å². The first kappa shape index (κ1) is 21.9. The number of hydrogen-bond acceptors (Lipinski definition) is 5. The molecule has 1 amide bonds. The summed E-state index contributed by atoms with van der Waals surface area (Å²) >= 11 is 0. The maximum atomic E-state index is 12.7. The summed E-state index contributed by atoms with van der Waals surface area (Å²) < 4.78 is 13.2. The van der Waals surface area contributed by atoms with Crippen LogP contribution in [0.2, 0.25) is 0 Å². The van der Waals surface area contributed by atoms with Gasteiger partial charge in [-0.25, -0.2) is 0 Å². The van der Waals surface area contributed by atoms with Crippen LogP contribution in [-0.4, -0.2) is 15.4 Å². The first-order valence-corrected chi connectivity index (χ1v) is 10.4. The molecule has 4 rings (SSSR count). The molecule has 0 radical (unpaired) electrons. The molecule has 0 saturated heterocycles. The van der Waals surface area contributed by atoms with Crippen molar-refractivity contribution in [2.24, 2.45) is 0 Å². The summed E-state index contributed by atoms with van der Waals surface area (Å²) in [5, 5.41) is 14.2. The van der Waals surface area contributed by atoms with E-state index in [0.717, 1.165) is 16.8 Å². The van der Waals surface area contributed by atoms with E-state index >= 15 is 0 Å². The van der Waals surface area contributed by atoms with Gasteiger partial charge in [-0.3, -0.25) is 14.9 Å². The standard InChI is InChI=1S/C25H23N3O5/c1-17-8-10-23(22(14-17)28(30)31)32-16-21-9-11-24(33-21)25(29)26-18(2)19-6-5-7-20(15-19)27-12-3-4-13-27/h3-15,18H,16H2,1-2H3,(H,26,29). The second-order valence-electron chi connectivity index (χ2n) is 7.66. The number of ether oxygens (including phenoxy) is 1. The second-order valence-corrected chi connectivity index (χ2v) is 7.66. The summed E-state index contributed by atoms with van der Waals surface area (Å²) in [6.45, 7) is 3.63. The number of nitrogens with one attached hydrogen (secondary N) is 1. The van der Waals surface area contributed by atoms with E-state index in [0.29, 0.717) is 5.76 Å². The zero-order chi connectivity index (χ0) is 23.4. The number of carbonyl (C=O) groups is 1. The number of nitro groups is 1. The minimum Gasteiger partial charge on any atom is -0.479 e. The number of carbonyl (C=O) groups excluding carboxylic acids is 1. The van der Waals surface area contributed by atoms with Gasteiger partial charge in [0, 0.05) is 24.1 Å². The van der Waals surface area contributed by atoms with Crippen LogP contribution in [0.1, 0.15) is 40.4 Å². The van der Waals surface area contributed by atoms with Gasteiger partial charge in [0.2, 0.25) is 0 Å². The Morgan fingerprint density at radius 3 is 2.67 bits per heavy atom. The third kappa shape index (κ3) is 5.12. The Labute approximate surface area is 190 Å². The van der Waals surface area contributed by atoms with Crippen molar-refractivity contribution in [2.45, 2.75) is 26.5 Å². The lowest BCUT2D eigenvalue weighted by molar-refractivity contribution is -0.386. The van der Waals surface area contributed by atoms with E-state index in [-0.39, 0.29) is 35.8 Å². The number of hydrogen-bond donors (Lipinski definition) is 1. The maximum Gasteiger partial charge on any atom is 0.311 e. The van der Waals surface area contributed by atoms with Gasteiger partial charge in [-0.05, 0) is 67.4 Å². The largest absolute Gasteiger partial charge is 0.479 e. The van der Waals surface area contributed by atoms with Crippen LogP contribution in [0.4, 0.5) is 5.69 Å². The fourth-order valence-electron chi connectivity index (χ4n) is 3.43. The highest BCUT2D eigenvalue weighted by atomic mass is 16.6. The van der Waals surface area contributed by atoms with Gasteiger partial charge in [0.05, 0.1) is 11.0 Å². The lowest BCUT2D eigenvalue weighted by Gasteiger charge is -2.15. The molecule has 0 fully saturated rings. The van der Waals surface area contributed by atoms with E-state index in [9.17, 15) is 14.9 Å². The smallest absolute Gasteiger partial charge is 0.311 e. The molecule has 4 aromatic rings. The van der Waals surface area contributed by atoms with Crippen molar-refractivity contribution in [3.8, 4) is 11.4 Å². The van der Waals surface area contributed by atoms with Crippen molar-refractivity contribution < 1.29 is 18.9 Å². The molecule has 1 N–H and O–H groups in total.